The Morgan fingerprint density at radius 1 is 1.48 bits per heavy atom. The number of urea groups is 1. The SMILES string of the molecule is O=C(O)C1CCCN(C(=O)NCc2ccc(F)c(Cl)c2)C1. The molecule has 0 spiro atoms. The zero-order valence-corrected chi connectivity index (χ0v) is 12.1. The lowest BCUT2D eigenvalue weighted by atomic mass is 9.99. The summed E-state index contributed by atoms with van der Waals surface area (Å²) >= 11 is 5.67. The van der Waals surface area contributed by atoms with Gasteiger partial charge in [0.05, 0.1) is 10.9 Å². The molecule has 1 aromatic carbocycles. The molecule has 7 heteroatoms. The van der Waals surface area contributed by atoms with Gasteiger partial charge < -0.3 is 15.3 Å². The predicted molar refractivity (Wildman–Crippen MR) is 75.6 cm³/mol. The van der Waals surface area contributed by atoms with E-state index in [-0.39, 0.29) is 24.1 Å². The van der Waals surface area contributed by atoms with Crippen molar-refractivity contribution in [2.45, 2.75) is 19.4 Å². The molecule has 114 valence electrons. The standard InChI is InChI=1S/C14H16ClFN2O3/c15-11-6-9(3-4-12(11)16)7-17-14(21)18-5-1-2-10(8-18)13(19)20/h3-4,6,10H,1-2,5,7-8H2,(H,17,21)(H,19,20). The molecule has 0 radical (unpaired) electrons. The molecule has 1 aromatic rings. The number of piperidine rings is 1. The topological polar surface area (TPSA) is 69.6 Å². The van der Waals surface area contributed by atoms with E-state index in [0.29, 0.717) is 24.9 Å². The molecule has 1 fully saturated rings. The molecule has 21 heavy (non-hydrogen) atoms. The Bertz CT molecular complexity index is 553. The summed E-state index contributed by atoms with van der Waals surface area (Å²) in [6.07, 6.45) is 1.26. The molecule has 1 saturated heterocycles. The summed E-state index contributed by atoms with van der Waals surface area (Å²) in [4.78, 5) is 24.5. The van der Waals surface area contributed by atoms with Crippen molar-refractivity contribution >= 4 is 23.6 Å². The molecule has 0 saturated carbocycles. The molecular formula is C14H16ClFN2O3. The molecule has 1 atom stereocenters. The molecule has 1 aliphatic heterocycles. The van der Waals surface area contributed by atoms with E-state index in [9.17, 15) is 14.0 Å². The lowest BCUT2D eigenvalue weighted by Gasteiger charge is -2.30. The van der Waals surface area contributed by atoms with Gasteiger partial charge in [0, 0.05) is 19.6 Å². The lowest BCUT2D eigenvalue weighted by Crippen LogP contribution is -2.46. The van der Waals surface area contributed by atoms with E-state index in [0.717, 1.165) is 0 Å². The van der Waals surface area contributed by atoms with Gasteiger partial charge in [-0.15, -0.1) is 0 Å². The minimum atomic E-state index is -0.877. The van der Waals surface area contributed by atoms with Gasteiger partial charge in [0.1, 0.15) is 5.82 Å². The monoisotopic (exact) mass is 314 g/mol. The summed E-state index contributed by atoms with van der Waals surface area (Å²) < 4.78 is 13.0. The molecule has 1 unspecified atom stereocenters. The Balaban J connectivity index is 1.89. The molecule has 0 aliphatic carbocycles. The van der Waals surface area contributed by atoms with Crippen molar-refractivity contribution in [2.75, 3.05) is 13.1 Å². The van der Waals surface area contributed by atoms with Crippen LogP contribution in [0.2, 0.25) is 5.02 Å². The summed E-state index contributed by atoms with van der Waals surface area (Å²) in [5.41, 5.74) is 0.682. The van der Waals surface area contributed by atoms with Crippen molar-refractivity contribution in [3.05, 3.63) is 34.6 Å². The van der Waals surface area contributed by atoms with Crippen LogP contribution in [0.1, 0.15) is 18.4 Å². The van der Waals surface area contributed by atoms with Crippen LogP contribution in [0.3, 0.4) is 0 Å². The Hall–Kier alpha value is -1.82. The van der Waals surface area contributed by atoms with E-state index in [4.69, 9.17) is 16.7 Å². The van der Waals surface area contributed by atoms with Crippen LogP contribution in [0.4, 0.5) is 9.18 Å². The van der Waals surface area contributed by atoms with Gasteiger partial charge in [-0.3, -0.25) is 4.79 Å². The lowest BCUT2D eigenvalue weighted by molar-refractivity contribution is -0.143. The molecule has 1 aliphatic rings. The Morgan fingerprint density at radius 2 is 2.24 bits per heavy atom. The second-order valence-electron chi connectivity index (χ2n) is 5.03. The number of benzene rings is 1. The number of amides is 2. The van der Waals surface area contributed by atoms with Gasteiger partial charge in [0.15, 0.2) is 0 Å². The van der Waals surface area contributed by atoms with Crippen LogP contribution in [0, 0.1) is 11.7 Å². The fourth-order valence-corrected chi connectivity index (χ4v) is 2.51. The Labute approximate surface area is 126 Å². The van der Waals surface area contributed by atoms with Gasteiger partial charge in [-0.2, -0.15) is 0 Å². The normalized spacial score (nSPS) is 18.4. The maximum Gasteiger partial charge on any atom is 0.317 e. The fraction of sp³-hybridized carbons (Fsp3) is 0.429. The summed E-state index contributed by atoms with van der Waals surface area (Å²) in [7, 11) is 0. The number of hydrogen-bond donors (Lipinski definition) is 2. The minimum Gasteiger partial charge on any atom is -0.481 e. The maximum atomic E-state index is 13.0. The molecular weight excluding hydrogens is 299 g/mol. The molecule has 5 nitrogen and oxygen atoms in total. The first-order valence-corrected chi connectivity index (χ1v) is 7.04. The third-order valence-corrected chi connectivity index (χ3v) is 3.78. The summed E-state index contributed by atoms with van der Waals surface area (Å²) in [6.45, 7) is 0.970. The van der Waals surface area contributed by atoms with Crippen molar-refractivity contribution in [2.24, 2.45) is 5.92 Å². The number of carbonyl (C=O) groups is 2. The largest absolute Gasteiger partial charge is 0.481 e. The number of likely N-dealkylation sites (tertiary alicyclic amines) is 1. The summed E-state index contributed by atoms with van der Waals surface area (Å²) in [5, 5.41) is 11.7. The average molecular weight is 315 g/mol. The van der Waals surface area contributed by atoms with E-state index in [1.807, 2.05) is 0 Å². The number of nitrogens with one attached hydrogen (secondary N) is 1. The van der Waals surface area contributed by atoms with Crippen molar-refractivity contribution in [3.63, 3.8) is 0 Å². The van der Waals surface area contributed by atoms with Crippen LogP contribution < -0.4 is 5.32 Å². The number of nitrogens with zero attached hydrogens (tertiary/aromatic N) is 1. The van der Waals surface area contributed by atoms with Gasteiger partial charge in [0.2, 0.25) is 0 Å². The van der Waals surface area contributed by atoms with Crippen molar-refractivity contribution in [3.8, 4) is 0 Å². The Kier molecular flexibility index (Phi) is 5.01. The first kappa shape index (κ1) is 15.6. The number of hydrogen-bond acceptors (Lipinski definition) is 2. The first-order valence-electron chi connectivity index (χ1n) is 6.67. The van der Waals surface area contributed by atoms with Gasteiger partial charge in [-0.05, 0) is 30.5 Å². The third-order valence-electron chi connectivity index (χ3n) is 3.49. The highest BCUT2D eigenvalue weighted by Gasteiger charge is 2.27. The third kappa shape index (κ3) is 4.07. The van der Waals surface area contributed by atoms with E-state index in [1.165, 1.54) is 23.1 Å². The van der Waals surface area contributed by atoms with E-state index >= 15 is 0 Å². The van der Waals surface area contributed by atoms with Crippen molar-refractivity contribution < 1.29 is 19.1 Å². The Morgan fingerprint density at radius 3 is 2.90 bits per heavy atom. The van der Waals surface area contributed by atoms with Crippen LogP contribution in [-0.4, -0.2) is 35.1 Å². The van der Waals surface area contributed by atoms with E-state index in [1.54, 1.807) is 0 Å². The average Bonchev–Trinajstić information content (AvgIpc) is 2.48. The quantitative estimate of drug-likeness (QED) is 0.900. The van der Waals surface area contributed by atoms with Crippen LogP contribution >= 0.6 is 11.6 Å². The number of rotatable bonds is 3. The molecule has 2 N–H and O–H groups in total. The number of halogens is 2. The molecule has 0 aromatic heterocycles. The van der Waals surface area contributed by atoms with Crippen LogP contribution in [-0.2, 0) is 11.3 Å². The molecule has 1 heterocycles. The second kappa shape index (κ2) is 6.76. The molecule has 0 bridgehead atoms. The van der Waals surface area contributed by atoms with Crippen molar-refractivity contribution in [1.82, 2.24) is 10.2 Å². The molecule has 2 amide bonds. The first-order chi connectivity index (χ1) is 9.97. The number of carboxylic acids is 1. The maximum absolute atomic E-state index is 13.0. The highest BCUT2D eigenvalue weighted by Crippen LogP contribution is 2.18. The fourth-order valence-electron chi connectivity index (χ4n) is 2.30. The van der Waals surface area contributed by atoms with Gasteiger partial charge in [-0.25, -0.2) is 9.18 Å². The zero-order chi connectivity index (χ0) is 15.4. The molecule has 2 rings (SSSR count). The van der Waals surface area contributed by atoms with Crippen molar-refractivity contribution in [1.29, 1.82) is 0 Å². The van der Waals surface area contributed by atoms with Gasteiger partial charge in [0.25, 0.3) is 0 Å². The number of carboxylic acid groups (broad SMARTS) is 1. The van der Waals surface area contributed by atoms with Crippen LogP contribution in [0.15, 0.2) is 18.2 Å². The smallest absolute Gasteiger partial charge is 0.317 e. The summed E-state index contributed by atoms with van der Waals surface area (Å²) in [6, 6.07) is 3.91. The zero-order valence-electron chi connectivity index (χ0n) is 11.3. The van der Waals surface area contributed by atoms with Crippen LogP contribution in [0.5, 0.6) is 0 Å². The van der Waals surface area contributed by atoms with Gasteiger partial charge >= 0.3 is 12.0 Å². The van der Waals surface area contributed by atoms with Crippen LogP contribution in [0.25, 0.3) is 0 Å². The van der Waals surface area contributed by atoms with Gasteiger partial charge in [-0.1, -0.05) is 17.7 Å². The minimum absolute atomic E-state index is 0.00524. The van der Waals surface area contributed by atoms with E-state index < -0.39 is 17.7 Å². The number of carbonyl (C=O) groups excluding carboxylic acids is 1. The summed E-state index contributed by atoms with van der Waals surface area (Å²) in [5.74, 6) is -1.89. The predicted octanol–water partition coefficient (Wildman–Crippen LogP) is 2.49. The van der Waals surface area contributed by atoms with E-state index in [2.05, 4.69) is 5.32 Å². The highest BCUT2D eigenvalue weighted by molar-refractivity contribution is 6.30. The number of aliphatic carboxylic acids is 1. The second-order valence-corrected chi connectivity index (χ2v) is 5.44. The highest BCUT2D eigenvalue weighted by atomic mass is 35.5.